The molecule has 0 atom stereocenters. The molecule has 0 spiro atoms. The van der Waals surface area contributed by atoms with E-state index in [0.717, 1.165) is 0 Å². The summed E-state index contributed by atoms with van der Waals surface area (Å²) in [6, 6.07) is 0. The van der Waals surface area contributed by atoms with Gasteiger partial charge < -0.3 is 22.8 Å². The molecule has 0 bridgehead atoms. The molecule has 0 saturated carbocycles. The van der Waals surface area contributed by atoms with Crippen molar-refractivity contribution in [2.24, 2.45) is 0 Å². The van der Waals surface area contributed by atoms with Gasteiger partial charge in [0.2, 0.25) is 0 Å². The van der Waals surface area contributed by atoms with Crippen LogP contribution in [0.3, 0.4) is 0 Å². The third-order valence-electron chi connectivity index (χ3n) is 2.22. The zero-order chi connectivity index (χ0) is 11.7. The van der Waals surface area contributed by atoms with Crippen LogP contribution in [0.1, 0.15) is 0 Å². The van der Waals surface area contributed by atoms with Crippen molar-refractivity contribution in [2.45, 2.75) is 5.08 Å². The quantitative estimate of drug-likeness (QED) is 0.530. The van der Waals surface area contributed by atoms with E-state index in [2.05, 4.69) is 0 Å². The molecule has 0 aromatic heterocycles. The van der Waals surface area contributed by atoms with Gasteiger partial charge in [0, 0.05) is 28.4 Å². The number of hydrogen-bond acceptors (Lipinski definition) is 7. The fourth-order valence-corrected chi connectivity index (χ4v) is 5.63. The zero-order valence-electron chi connectivity index (χ0n) is 8.96. The van der Waals surface area contributed by atoms with E-state index in [1.54, 1.807) is 0 Å². The molecule has 1 saturated heterocycles. The third kappa shape index (κ3) is 1.72. The fourth-order valence-electron chi connectivity index (χ4n) is 1.25. The maximum Gasteiger partial charge on any atom is 0.376 e. The van der Waals surface area contributed by atoms with Gasteiger partial charge in [-0.25, -0.2) is 0 Å². The van der Waals surface area contributed by atoms with Gasteiger partial charge in [-0.2, -0.15) is 0 Å². The van der Waals surface area contributed by atoms with Crippen LogP contribution in [-0.4, -0.2) is 40.1 Å². The molecule has 1 heterocycles. The Bertz CT molecular complexity index is 279. The lowest BCUT2D eigenvalue weighted by Crippen LogP contribution is -2.17. The van der Waals surface area contributed by atoms with Crippen molar-refractivity contribution in [3.8, 4) is 0 Å². The molecule has 1 aliphatic heterocycles. The molecule has 0 aromatic rings. The van der Waals surface area contributed by atoms with Gasteiger partial charge in [-0.15, -0.1) is 0 Å². The van der Waals surface area contributed by atoms with Gasteiger partial charge in [0.15, 0.2) is 0 Å². The molecule has 0 radical (unpaired) electrons. The molecule has 0 N–H and O–H groups in total. The summed E-state index contributed by atoms with van der Waals surface area (Å²) in [4.78, 5) is 0. The van der Waals surface area contributed by atoms with Gasteiger partial charge in [0.05, 0.1) is 0 Å². The van der Waals surface area contributed by atoms with E-state index in [9.17, 15) is 9.13 Å². The summed E-state index contributed by atoms with van der Waals surface area (Å²) in [6.45, 7) is -0.0507. The van der Waals surface area contributed by atoms with Crippen molar-refractivity contribution in [1.82, 2.24) is 0 Å². The molecular weight excluding hydrogens is 246 g/mol. The Morgan fingerprint density at radius 2 is 1.20 bits per heavy atom. The number of hydrogen-bond donors (Lipinski definition) is 0. The SMILES string of the molecule is COP(=O)(OC)C1(P(=O)(OC)OC)CO1. The summed E-state index contributed by atoms with van der Waals surface area (Å²) in [5.41, 5.74) is 0. The smallest absolute Gasteiger partial charge is 0.346 e. The summed E-state index contributed by atoms with van der Waals surface area (Å²) >= 11 is 0. The average molecular weight is 260 g/mol. The van der Waals surface area contributed by atoms with Crippen LogP contribution < -0.4 is 0 Å². The summed E-state index contributed by atoms with van der Waals surface area (Å²) in [5, 5.41) is -1.62. The number of epoxide rings is 1. The molecule has 1 fully saturated rings. The van der Waals surface area contributed by atoms with Crippen molar-refractivity contribution >= 4 is 15.2 Å². The largest absolute Gasteiger partial charge is 0.376 e. The van der Waals surface area contributed by atoms with Crippen LogP contribution in [0, 0.1) is 0 Å². The minimum Gasteiger partial charge on any atom is -0.346 e. The topological polar surface area (TPSA) is 83.6 Å². The minimum absolute atomic E-state index is 0.0507. The molecule has 15 heavy (non-hydrogen) atoms. The van der Waals surface area contributed by atoms with Crippen LogP contribution in [0.25, 0.3) is 0 Å². The third-order valence-corrected chi connectivity index (χ3v) is 7.84. The fraction of sp³-hybridized carbons (Fsp3) is 1.00. The molecule has 0 amide bonds. The lowest BCUT2D eigenvalue weighted by atomic mass is 11.0. The monoisotopic (exact) mass is 260 g/mol. The molecule has 0 unspecified atom stereocenters. The Morgan fingerprint density at radius 3 is 1.33 bits per heavy atom. The molecule has 90 valence electrons. The predicted molar refractivity (Wildman–Crippen MR) is 51.9 cm³/mol. The number of ether oxygens (including phenoxy) is 1. The average Bonchev–Trinajstić information content (AvgIpc) is 3.08. The molecule has 0 aromatic carbocycles. The first-order valence-electron chi connectivity index (χ1n) is 4.02. The summed E-state index contributed by atoms with van der Waals surface area (Å²) in [7, 11) is -2.59. The van der Waals surface area contributed by atoms with Gasteiger partial charge in [0.25, 0.3) is 5.08 Å². The summed E-state index contributed by atoms with van der Waals surface area (Å²) in [6.07, 6.45) is 0. The van der Waals surface area contributed by atoms with Crippen LogP contribution in [0.2, 0.25) is 0 Å². The van der Waals surface area contributed by atoms with E-state index in [-0.39, 0.29) is 6.61 Å². The maximum absolute atomic E-state index is 12.1. The molecular formula is C6H14O7P2. The predicted octanol–water partition coefficient (Wildman–Crippen LogP) is 1.64. The highest BCUT2D eigenvalue weighted by Gasteiger charge is 2.75. The second-order valence-electron chi connectivity index (χ2n) is 2.76. The molecule has 9 heteroatoms. The van der Waals surface area contributed by atoms with E-state index in [4.69, 9.17) is 22.8 Å². The Hall–Kier alpha value is 0.260. The second kappa shape index (κ2) is 4.26. The van der Waals surface area contributed by atoms with E-state index in [1.165, 1.54) is 28.4 Å². The highest BCUT2D eigenvalue weighted by atomic mass is 31.2. The van der Waals surface area contributed by atoms with Gasteiger partial charge in [-0.05, 0) is 0 Å². The van der Waals surface area contributed by atoms with Crippen LogP contribution in [0.15, 0.2) is 0 Å². The van der Waals surface area contributed by atoms with Crippen molar-refractivity contribution in [3.05, 3.63) is 0 Å². The molecule has 0 aliphatic carbocycles. The van der Waals surface area contributed by atoms with E-state index >= 15 is 0 Å². The van der Waals surface area contributed by atoms with Crippen molar-refractivity contribution in [1.29, 1.82) is 0 Å². The summed E-state index contributed by atoms with van der Waals surface area (Å²) in [5.74, 6) is 0. The van der Waals surface area contributed by atoms with E-state index < -0.39 is 20.3 Å². The zero-order valence-corrected chi connectivity index (χ0v) is 10.7. The Kier molecular flexibility index (Phi) is 3.78. The maximum atomic E-state index is 12.1. The van der Waals surface area contributed by atoms with Gasteiger partial charge in [-0.1, -0.05) is 0 Å². The van der Waals surface area contributed by atoms with Gasteiger partial charge in [-0.3, -0.25) is 9.13 Å². The lowest BCUT2D eigenvalue weighted by Gasteiger charge is -2.25. The number of rotatable bonds is 6. The van der Waals surface area contributed by atoms with Crippen LogP contribution in [0.5, 0.6) is 0 Å². The highest BCUT2D eigenvalue weighted by molar-refractivity contribution is 7.74. The van der Waals surface area contributed by atoms with E-state index in [0.29, 0.717) is 0 Å². The molecule has 1 rings (SSSR count). The normalized spacial score (nSPS) is 20.3. The van der Waals surface area contributed by atoms with Crippen molar-refractivity contribution < 1.29 is 32.0 Å². The van der Waals surface area contributed by atoms with Gasteiger partial charge >= 0.3 is 15.2 Å². The van der Waals surface area contributed by atoms with E-state index in [1.807, 2.05) is 0 Å². The van der Waals surface area contributed by atoms with Crippen LogP contribution in [0.4, 0.5) is 0 Å². The Labute approximate surface area is 88.1 Å². The van der Waals surface area contributed by atoms with Gasteiger partial charge in [0.1, 0.15) is 6.61 Å². The first-order valence-corrected chi connectivity index (χ1v) is 7.11. The van der Waals surface area contributed by atoms with Crippen LogP contribution in [-0.2, 0) is 32.0 Å². The van der Waals surface area contributed by atoms with Crippen molar-refractivity contribution in [2.75, 3.05) is 35.0 Å². The Morgan fingerprint density at radius 1 is 0.933 bits per heavy atom. The molecule has 1 aliphatic rings. The van der Waals surface area contributed by atoms with Crippen LogP contribution >= 0.6 is 15.2 Å². The standard InChI is InChI=1S/C6H14O7P2/c1-9-14(7,10-2)6(5-13-6)15(8,11-3)12-4/h5H2,1-4H3. The Balaban J connectivity index is 3.13. The molecule has 7 nitrogen and oxygen atoms in total. The first kappa shape index (κ1) is 13.3. The second-order valence-corrected chi connectivity index (χ2v) is 8.01. The van der Waals surface area contributed by atoms with Crippen molar-refractivity contribution in [3.63, 3.8) is 0 Å². The summed E-state index contributed by atoms with van der Waals surface area (Å²) < 4.78 is 48.1. The first-order chi connectivity index (χ1) is 6.95. The minimum atomic E-state index is -3.66. The lowest BCUT2D eigenvalue weighted by molar-refractivity contribution is 0.214. The highest BCUT2D eigenvalue weighted by Crippen LogP contribution is 2.82.